The Morgan fingerprint density at radius 1 is 0.895 bits per heavy atom. The lowest BCUT2D eigenvalue weighted by Crippen LogP contribution is -2.33. The highest BCUT2D eigenvalue weighted by Gasteiger charge is 2.25. The molecule has 1 atom stereocenters. The molecule has 0 bridgehead atoms. The maximum absolute atomic E-state index is 10.7. The third-order valence-corrected chi connectivity index (χ3v) is 3.48. The van der Waals surface area contributed by atoms with Crippen molar-refractivity contribution in [2.45, 2.75) is 31.8 Å². The molecule has 2 rings (SSSR count). The Labute approximate surface area is 114 Å². The second-order valence-corrected chi connectivity index (χ2v) is 5.09. The van der Waals surface area contributed by atoms with Gasteiger partial charge in [0.2, 0.25) is 0 Å². The lowest BCUT2D eigenvalue weighted by atomic mass is 9.86. The van der Waals surface area contributed by atoms with Crippen LogP contribution in [0.3, 0.4) is 0 Å². The van der Waals surface area contributed by atoms with Gasteiger partial charge in [-0.05, 0) is 29.7 Å². The van der Waals surface area contributed by atoms with E-state index in [4.69, 9.17) is 0 Å². The fourth-order valence-electron chi connectivity index (χ4n) is 2.33. The Hall–Kier alpha value is -1.80. The minimum Gasteiger partial charge on any atom is -0.508 e. The first-order valence-corrected chi connectivity index (χ1v) is 6.65. The van der Waals surface area contributed by atoms with Crippen LogP contribution >= 0.6 is 0 Å². The highest BCUT2D eigenvalue weighted by molar-refractivity contribution is 5.29. The van der Waals surface area contributed by atoms with E-state index in [1.165, 1.54) is 0 Å². The van der Waals surface area contributed by atoms with Crippen molar-refractivity contribution in [3.63, 3.8) is 0 Å². The molecule has 2 aromatic carbocycles. The molecule has 0 aliphatic carbocycles. The Morgan fingerprint density at radius 2 is 1.53 bits per heavy atom. The quantitative estimate of drug-likeness (QED) is 0.861. The van der Waals surface area contributed by atoms with Gasteiger partial charge in [-0.25, -0.2) is 0 Å². The Morgan fingerprint density at radius 3 is 2.16 bits per heavy atom. The molecular weight excluding hydrogens is 236 g/mol. The van der Waals surface area contributed by atoms with E-state index in [1.807, 2.05) is 49.4 Å². The minimum absolute atomic E-state index is 0.246. The number of aliphatic hydroxyl groups is 1. The maximum atomic E-state index is 10.7. The van der Waals surface area contributed by atoms with Gasteiger partial charge in [-0.2, -0.15) is 0 Å². The molecule has 0 radical (unpaired) electrons. The van der Waals surface area contributed by atoms with Crippen LogP contribution in [0.25, 0.3) is 0 Å². The van der Waals surface area contributed by atoms with Crippen LogP contribution in [-0.4, -0.2) is 15.8 Å². The van der Waals surface area contributed by atoms with Gasteiger partial charge in [-0.1, -0.05) is 49.4 Å². The van der Waals surface area contributed by atoms with Crippen molar-refractivity contribution in [3.8, 4) is 5.75 Å². The molecule has 2 aromatic rings. The highest BCUT2D eigenvalue weighted by Crippen LogP contribution is 2.24. The number of benzene rings is 2. The van der Waals surface area contributed by atoms with Gasteiger partial charge in [0.25, 0.3) is 0 Å². The predicted molar refractivity (Wildman–Crippen MR) is 77.2 cm³/mol. The minimum atomic E-state index is -0.769. The third kappa shape index (κ3) is 3.83. The van der Waals surface area contributed by atoms with Crippen LogP contribution in [-0.2, 0) is 12.8 Å². The molecule has 2 nitrogen and oxygen atoms in total. The van der Waals surface area contributed by atoms with Gasteiger partial charge in [0.15, 0.2) is 0 Å². The van der Waals surface area contributed by atoms with Crippen molar-refractivity contribution in [2.75, 3.05) is 0 Å². The molecule has 1 unspecified atom stereocenters. The van der Waals surface area contributed by atoms with Crippen molar-refractivity contribution >= 4 is 0 Å². The lowest BCUT2D eigenvalue weighted by molar-refractivity contribution is 0.0368. The van der Waals surface area contributed by atoms with Crippen molar-refractivity contribution in [3.05, 3.63) is 65.7 Å². The Bertz CT molecular complexity index is 522. The van der Waals surface area contributed by atoms with Gasteiger partial charge in [-0.3, -0.25) is 0 Å². The normalized spacial score (nSPS) is 14.0. The first-order chi connectivity index (χ1) is 9.11. The number of phenolic OH excluding ortho intramolecular Hbond substituents is 1. The van der Waals surface area contributed by atoms with Crippen LogP contribution in [0.5, 0.6) is 5.75 Å². The van der Waals surface area contributed by atoms with E-state index >= 15 is 0 Å². The van der Waals surface area contributed by atoms with Crippen molar-refractivity contribution in [1.29, 1.82) is 0 Å². The first-order valence-electron chi connectivity index (χ1n) is 6.65. The molecule has 0 aliphatic heterocycles. The summed E-state index contributed by atoms with van der Waals surface area (Å²) in [6.07, 6.45) is 1.85. The number of rotatable bonds is 5. The van der Waals surface area contributed by atoms with Crippen molar-refractivity contribution in [2.24, 2.45) is 0 Å². The molecule has 0 saturated heterocycles. The summed E-state index contributed by atoms with van der Waals surface area (Å²) >= 11 is 0. The standard InChI is InChI=1S/C17H20O2/c1-2-17(19,12-14-7-4-3-5-8-14)13-15-9-6-10-16(18)11-15/h3-11,18-19H,2,12-13H2,1H3. The number of hydrogen-bond acceptors (Lipinski definition) is 2. The molecule has 100 valence electrons. The van der Waals surface area contributed by atoms with E-state index in [-0.39, 0.29) is 5.75 Å². The van der Waals surface area contributed by atoms with Crippen LogP contribution in [0.1, 0.15) is 24.5 Å². The summed E-state index contributed by atoms with van der Waals surface area (Å²) in [4.78, 5) is 0. The molecule has 19 heavy (non-hydrogen) atoms. The highest BCUT2D eigenvalue weighted by atomic mass is 16.3. The molecular formula is C17H20O2. The molecule has 0 aliphatic rings. The van der Waals surface area contributed by atoms with Gasteiger partial charge >= 0.3 is 0 Å². The number of aromatic hydroxyl groups is 1. The summed E-state index contributed by atoms with van der Waals surface area (Å²) in [5, 5.41) is 20.2. The second kappa shape index (κ2) is 5.89. The van der Waals surface area contributed by atoms with Crippen LogP contribution in [0.15, 0.2) is 54.6 Å². The van der Waals surface area contributed by atoms with E-state index in [9.17, 15) is 10.2 Å². The van der Waals surface area contributed by atoms with Gasteiger partial charge in [-0.15, -0.1) is 0 Å². The van der Waals surface area contributed by atoms with Gasteiger partial charge in [0, 0.05) is 12.8 Å². The van der Waals surface area contributed by atoms with Crippen molar-refractivity contribution < 1.29 is 10.2 Å². The topological polar surface area (TPSA) is 40.5 Å². The second-order valence-electron chi connectivity index (χ2n) is 5.09. The van der Waals surface area contributed by atoms with Gasteiger partial charge in [0.1, 0.15) is 5.75 Å². The molecule has 0 fully saturated rings. The zero-order valence-corrected chi connectivity index (χ0v) is 11.2. The van der Waals surface area contributed by atoms with E-state index in [1.54, 1.807) is 12.1 Å². The summed E-state index contributed by atoms with van der Waals surface area (Å²) in [5.74, 6) is 0.246. The molecule has 0 aromatic heterocycles. The van der Waals surface area contributed by atoms with Crippen LogP contribution in [0.4, 0.5) is 0 Å². The predicted octanol–water partition coefficient (Wildman–Crippen LogP) is 3.32. The first kappa shape index (κ1) is 13.6. The molecule has 2 N–H and O–H groups in total. The van der Waals surface area contributed by atoms with Crippen LogP contribution in [0.2, 0.25) is 0 Å². The van der Waals surface area contributed by atoms with E-state index in [0.29, 0.717) is 19.3 Å². The smallest absolute Gasteiger partial charge is 0.115 e. The monoisotopic (exact) mass is 256 g/mol. The average molecular weight is 256 g/mol. The zero-order valence-electron chi connectivity index (χ0n) is 11.2. The Balaban J connectivity index is 2.14. The SMILES string of the molecule is CCC(O)(Cc1ccccc1)Cc1cccc(O)c1. The summed E-state index contributed by atoms with van der Waals surface area (Å²) < 4.78 is 0. The lowest BCUT2D eigenvalue weighted by Gasteiger charge is -2.27. The average Bonchev–Trinajstić information content (AvgIpc) is 2.40. The van der Waals surface area contributed by atoms with Gasteiger partial charge < -0.3 is 10.2 Å². The zero-order chi connectivity index (χ0) is 13.7. The number of hydrogen-bond donors (Lipinski definition) is 2. The summed E-state index contributed by atoms with van der Waals surface area (Å²) in [6.45, 7) is 1.99. The molecule has 0 amide bonds. The fraction of sp³-hybridized carbons (Fsp3) is 0.294. The van der Waals surface area contributed by atoms with Gasteiger partial charge in [0.05, 0.1) is 5.60 Å². The fourth-order valence-corrected chi connectivity index (χ4v) is 2.33. The molecule has 0 heterocycles. The molecule has 0 saturated carbocycles. The summed E-state index contributed by atoms with van der Waals surface area (Å²) in [7, 11) is 0. The number of phenols is 1. The molecule has 0 spiro atoms. The summed E-state index contributed by atoms with van der Waals surface area (Å²) in [6, 6.07) is 17.1. The Kier molecular flexibility index (Phi) is 4.23. The third-order valence-electron chi connectivity index (χ3n) is 3.48. The van der Waals surface area contributed by atoms with E-state index < -0.39 is 5.60 Å². The van der Waals surface area contributed by atoms with E-state index in [0.717, 1.165) is 11.1 Å². The van der Waals surface area contributed by atoms with Crippen LogP contribution in [0, 0.1) is 0 Å². The van der Waals surface area contributed by atoms with Crippen molar-refractivity contribution in [1.82, 2.24) is 0 Å². The van der Waals surface area contributed by atoms with E-state index in [2.05, 4.69) is 0 Å². The summed E-state index contributed by atoms with van der Waals surface area (Å²) in [5.41, 5.74) is 1.32. The van der Waals surface area contributed by atoms with Crippen LogP contribution < -0.4 is 0 Å². The maximum Gasteiger partial charge on any atom is 0.115 e. The molecule has 2 heteroatoms. The largest absolute Gasteiger partial charge is 0.508 e.